The molecule has 1 aliphatic rings. The van der Waals surface area contributed by atoms with Gasteiger partial charge in [-0.3, -0.25) is 0 Å². The molecule has 0 amide bonds. The Morgan fingerprint density at radius 2 is 2.33 bits per heavy atom. The third kappa shape index (κ3) is 2.84. The third-order valence-electron chi connectivity index (χ3n) is 1.89. The first-order valence-electron chi connectivity index (χ1n) is 3.97. The molecule has 12 heavy (non-hydrogen) atoms. The van der Waals surface area contributed by atoms with E-state index in [0.29, 0.717) is 12.3 Å². The molecule has 0 aromatic heterocycles. The lowest BCUT2D eigenvalue weighted by Crippen LogP contribution is -2.30. The molecule has 1 saturated heterocycles. The SMILES string of the molecule is CC#CCNC1CCS(=O)(=O)C1. The highest BCUT2D eigenvalue weighted by molar-refractivity contribution is 7.91. The van der Waals surface area contributed by atoms with Crippen LogP contribution < -0.4 is 5.32 Å². The second-order valence-electron chi connectivity index (χ2n) is 2.91. The lowest BCUT2D eigenvalue weighted by Gasteiger charge is -2.05. The summed E-state index contributed by atoms with van der Waals surface area (Å²) in [5, 5.41) is 3.09. The predicted molar refractivity (Wildman–Crippen MR) is 48.5 cm³/mol. The molecule has 0 saturated carbocycles. The van der Waals surface area contributed by atoms with E-state index < -0.39 is 9.84 Å². The maximum atomic E-state index is 11.0. The molecular weight excluding hydrogens is 174 g/mol. The molecule has 0 aliphatic carbocycles. The van der Waals surface area contributed by atoms with Crippen molar-refractivity contribution >= 4 is 9.84 Å². The Bertz CT molecular complexity index is 297. The molecular formula is C8H13NO2S. The van der Waals surface area contributed by atoms with Crippen LogP contribution >= 0.6 is 0 Å². The lowest BCUT2D eigenvalue weighted by atomic mass is 10.3. The zero-order valence-corrected chi connectivity index (χ0v) is 7.95. The summed E-state index contributed by atoms with van der Waals surface area (Å²) in [7, 11) is -2.74. The average Bonchev–Trinajstić information content (AvgIpc) is 2.31. The largest absolute Gasteiger partial charge is 0.302 e. The summed E-state index contributed by atoms with van der Waals surface area (Å²) >= 11 is 0. The Hall–Kier alpha value is -0.530. The van der Waals surface area contributed by atoms with Crippen molar-refractivity contribution in [1.29, 1.82) is 0 Å². The molecule has 4 heteroatoms. The van der Waals surface area contributed by atoms with E-state index in [2.05, 4.69) is 17.2 Å². The van der Waals surface area contributed by atoms with E-state index in [4.69, 9.17) is 0 Å². The van der Waals surface area contributed by atoms with Crippen LogP contribution in [0.1, 0.15) is 13.3 Å². The highest BCUT2D eigenvalue weighted by atomic mass is 32.2. The minimum Gasteiger partial charge on any atom is -0.302 e. The fourth-order valence-corrected chi connectivity index (χ4v) is 2.95. The Labute approximate surface area is 73.5 Å². The van der Waals surface area contributed by atoms with Gasteiger partial charge in [-0.1, -0.05) is 5.92 Å². The number of hydrogen-bond donors (Lipinski definition) is 1. The van der Waals surface area contributed by atoms with E-state index in [1.54, 1.807) is 6.92 Å². The molecule has 1 aliphatic heterocycles. The minimum absolute atomic E-state index is 0.121. The minimum atomic E-state index is -2.74. The second-order valence-corrected chi connectivity index (χ2v) is 5.14. The van der Waals surface area contributed by atoms with E-state index in [0.717, 1.165) is 6.42 Å². The van der Waals surface area contributed by atoms with Crippen molar-refractivity contribution in [2.45, 2.75) is 19.4 Å². The molecule has 68 valence electrons. The van der Waals surface area contributed by atoms with Gasteiger partial charge in [0.05, 0.1) is 18.1 Å². The van der Waals surface area contributed by atoms with E-state index >= 15 is 0 Å². The fraction of sp³-hybridized carbons (Fsp3) is 0.750. The number of rotatable bonds is 2. The smallest absolute Gasteiger partial charge is 0.151 e. The predicted octanol–water partition coefficient (Wildman–Crippen LogP) is -0.214. The first-order chi connectivity index (χ1) is 5.64. The summed E-state index contributed by atoms with van der Waals surface area (Å²) in [6.07, 6.45) is 0.730. The molecule has 0 aromatic carbocycles. The Morgan fingerprint density at radius 1 is 1.58 bits per heavy atom. The standard InChI is InChI=1S/C8H13NO2S/c1-2-3-5-9-8-4-6-12(10,11)7-8/h8-9H,4-7H2,1H3. The zero-order chi connectivity index (χ0) is 9.03. The van der Waals surface area contributed by atoms with Crippen LogP contribution in [0.15, 0.2) is 0 Å². The summed E-state index contributed by atoms with van der Waals surface area (Å²) in [6.45, 7) is 2.36. The summed E-state index contributed by atoms with van der Waals surface area (Å²) in [6, 6.07) is 0.121. The summed E-state index contributed by atoms with van der Waals surface area (Å²) in [5.74, 6) is 6.20. The highest BCUT2D eigenvalue weighted by Crippen LogP contribution is 2.10. The number of nitrogens with one attached hydrogen (secondary N) is 1. The van der Waals surface area contributed by atoms with Crippen LogP contribution in [-0.4, -0.2) is 32.5 Å². The molecule has 0 spiro atoms. The maximum absolute atomic E-state index is 11.0. The summed E-state index contributed by atoms with van der Waals surface area (Å²) in [4.78, 5) is 0. The van der Waals surface area contributed by atoms with Crippen molar-refractivity contribution in [3.05, 3.63) is 0 Å². The van der Waals surface area contributed by atoms with Crippen LogP contribution in [0.4, 0.5) is 0 Å². The van der Waals surface area contributed by atoms with Gasteiger partial charge >= 0.3 is 0 Å². The summed E-state index contributed by atoms with van der Waals surface area (Å²) < 4.78 is 22.0. The van der Waals surface area contributed by atoms with Gasteiger partial charge in [0.25, 0.3) is 0 Å². The van der Waals surface area contributed by atoms with E-state index in [-0.39, 0.29) is 11.8 Å². The molecule has 1 N–H and O–H groups in total. The molecule has 1 atom stereocenters. The van der Waals surface area contributed by atoms with E-state index in [9.17, 15) is 8.42 Å². The van der Waals surface area contributed by atoms with Gasteiger partial charge in [-0.15, -0.1) is 5.92 Å². The first kappa shape index (κ1) is 9.56. The Balaban J connectivity index is 2.32. The van der Waals surface area contributed by atoms with Gasteiger partial charge in [0, 0.05) is 6.04 Å². The van der Waals surface area contributed by atoms with Gasteiger partial charge in [-0.2, -0.15) is 0 Å². The van der Waals surface area contributed by atoms with Crippen molar-refractivity contribution in [2.24, 2.45) is 0 Å². The topological polar surface area (TPSA) is 46.2 Å². The van der Waals surface area contributed by atoms with Gasteiger partial charge in [-0.05, 0) is 13.3 Å². The number of hydrogen-bond acceptors (Lipinski definition) is 3. The van der Waals surface area contributed by atoms with Crippen LogP contribution in [0, 0.1) is 11.8 Å². The van der Waals surface area contributed by atoms with Crippen LogP contribution in [0.3, 0.4) is 0 Å². The van der Waals surface area contributed by atoms with Crippen LogP contribution in [0.25, 0.3) is 0 Å². The average molecular weight is 187 g/mol. The third-order valence-corrected chi connectivity index (χ3v) is 3.66. The van der Waals surface area contributed by atoms with Crippen molar-refractivity contribution in [2.75, 3.05) is 18.1 Å². The highest BCUT2D eigenvalue weighted by Gasteiger charge is 2.26. The van der Waals surface area contributed by atoms with Gasteiger partial charge in [0.2, 0.25) is 0 Å². The second kappa shape index (κ2) is 3.92. The lowest BCUT2D eigenvalue weighted by molar-refractivity contribution is 0.587. The van der Waals surface area contributed by atoms with Crippen molar-refractivity contribution in [3.8, 4) is 11.8 Å². The molecule has 0 bridgehead atoms. The molecule has 1 heterocycles. The molecule has 1 unspecified atom stereocenters. The fourth-order valence-electron chi connectivity index (χ4n) is 1.24. The number of sulfone groups is 1. The van der Waals surface area contributed by atoms with Crippen LogP contribution in [-0.2, 0) is 9.84 Å². The normalized spacial score (nSPS) is 26.2. The first-order valence-corrected chi connectivity index (χ1v) is 5.79. The van der Waals surface area contributed by atoms with Gasteiger partial charge in [0.15, 0.2) is 9.84 Å². The molecule has 0 aromatic rings. The molecule has 0 radical (unpaired) electrons. The maximum Gasteiger partial charge on any atom is 0.151 e. The Kier molecular flexibility index (Phi) is 3.12. The monoisotopic (exact) mass is 187 g/mol. The van der Waals surface area contributed by atoms with Crippen molar-refractivity contribution in [3.63, 3.8) is 0 Å². The van der Waals surface area contributed by atoms with Crippen molar-refractivity contribution in [1.82, 2.24) is 5.32 Å². The quantitative estimate of drug-likeness (QED) is 0.608. The van der Waals surface area contributed by atoms with Crippen LogP contribution in [0.2, 0.25) is 0 Å². The summed E-state index contributed by atoms with van der Waals surface area (Å²) in [5.41, 5.74) is 0. The van der Waals surface area contributed by atoms with E-state index in [1.807, 2.05) is 0 Å². The zero-order valence-electron chi connectivity index (χ0n) is 7.13. The molecule has 1 fully saturated rings. The molecule has 1 rings (SSSR count). The van der Waals surface area contributed by atoms with Gasteiger partial charge < -0.3 is 5.32 Å². The Morgan fingerprint density at radius 3 is 2.83 bits per heavy atom. The van der Waals surface area contributed by atoms with Crippen LogP contribution in [0.5, 0.6) is 0 Å². The molecule has 3 nitrogen and oxygen atoms in total. The van der Waals surface area contributed by atoms with Crippen molar-refractivity contribution < 1.29 is 8.42 Å². The van der Waals surface area contributed by atoms with Gasteiger partial charge in [0.1, 0.15) is 0 Å². The van der Waals surface area contributed by atoms with Gasteiger partial charge in [-0.25, -0.2) is 8.42 Å². The van der Waals surface area contributed by atoms with E-state index in [1.165, 1.54) is 0 Å².